The van der Waals surface area contributed by atoms with E-state index in [1.807, 2.05) is 30.3 Å². The first-order valence-electron chi connectivity index (χ1n) is 7.59. The maximum atomic E-state index is 11.6. The van der Waals surface area contributed by atoms with Crippen molar-refractivity contribution in [1.82, 2.24) is 5.32 Å². The number of hydrogen-bond donors (Lipinski definition) is 2. The highest BCUT2D eigenvalue weighted by Gasteiger charge is 2.17. The van der Waals surface area contributed by atoms with E-state index in [1.54, 1.807) is 0 Å². The maximum absolute atomic E-state index is 11.6. The van der Waals surface area contributed by atoms with Gasteiger partial charge in [0.05, 0.1) is 10.5 Å². The Bertz CT molecular complexity index is 833. The monoisotopic (exact) mass is 356 g/mol. The topological polar surface area (TPSA) is 119 Å². The largest absolute Gasteiger partial charge is 0.502 e. The maximum Gasteiger partial charge on any atom is 0.407 e. The second kappa shape index (κ2) is 8.97. The van der Waals surface area contributed by atoms with Gasteiger partial charge in [0.2, 0.25) is 5.75 Å². The average molecular weight is 356 g/mol. The number of nitrogens with one attached hydrogen (secondary N) is 1. The number of phenolic OH excluding ortho intramolecular Hbond substituents is 1. The molecular weight excluding hydrogens is 340 g/mol. The number of aromatic hydroxyl groups is 1. The molecule has 8 nitrogen and oxygen atoms in total. The van der Waals surface area contributed by atoms with Crippen molar-refractivity contribution in [1.29, 1.82) is 0 Å². The molecule has 8 heteroatoms. The third-order valence-corrected chi connectivity index (χ3v) is 3.35. The summed E-state index contributed by atoms with van der Waals surface area (Å²) in [4.78, 5) is 32.6. The highest BCUT2D eigenvalue weighted by molar-refractivity contribution is 5.83. The number of aldehydes is 1. The number of phenols is 1. The van der Waals surface area contributed by atoms with Crippen LogP contribution in [0.25, 0.3) is 6.08 Å². The van der Waals surface area contributed by atoms with Crippen LogP contribution in [0.15, 0.2) is 48.5 Å². The van der Waals surface area contributed by atoms with E-state index in [2.05, 4.69) is 5.32 Å². The summed E-state index contributed by atoms with van der Waals surface area (Å²) in [6.07, 6.45) is 2.74. The van der Waals surface area contributed by atoms with E-state index >= 15 is 0 Å². The van der Waals surface area contributed by atoms with Crippen LogP contribution >= 0.6 is 0 Å². The van der Waals surface area contributed by atoms with Gasteiger partial charge in [-0.05, 0) is 17.2 Å². The molecule has 0 atom stereocenters. The summed E-state index contributed by atoms with van der Waals surface area (Å²) in [6.45, 7) is 0.266. The number of rotatable bonds is 7. The van der Waals surface area contributed by atoms with E-state index in [4.69, 9.17) is 4.74 Å². The number of nitrogens with zero attached hydrogens (tertiary/aromatic N) is 1. The third-order valence-electron chi connectivity index (χ3n) is 3.35. The Labute approximate surface area is 148 Å². The molecule has 0 aliphatic rings. The molecule has 0 aliphatic heterocycles. The van der Waals surface area contributed by atoms with Crippen LogP contribution in [0.5, 0.6) is 5.75 Å². The van der Waals surface area contributed by atoms with Gasteiger partial charge >= 0.3 is 11.8 Å². The zero-order valence-corrected chi connectivity index (χ0v) is 13.6. The molecule has 0 aliphatic carbocycles. The molecule has 0 saturated heterocycles. The molecule has 0 aromatic heterocycles. The Morgan fingerprint density at radius 2 is 2.00 bits per heavy atom. The van der Waals surface area contributed by atoms with Crippen molar-refractivity contribution in [3.8, 4) is 5.75 Å². The van der Waals surface area contributed by atoms with Gasteiger partial charge in [-0.2, -0.15) is 0 Å². The second-order valence-corrected chi connectivity index (χ2v) is 5.20. The van der Waals surface area contributed by atoms with Crippen LogP contribution in [0.4, 0.5) is 10.5 Å². The summed E-state index contributed by atoms with van der Waals surface area (Å²) in [5.74, 6) is -0.676. The zero-order valence-electron chi connectivity index (χ0n) is 13.6. The molecule has 0 spiro atoms. The summed E-state index contributed by atoms with van der Waals surface area (Å²) in [6, 6.07) is 11.6. The first-order chi connectivity index (χ1) is 12.5. The van der Waals surface area contributed by atoms with Gasteiger partial charge in [-0.3, -0.25) is 14.9 Å². The van der Waals surface area contributed by atoms with Gasteiger partial charge in [0.25, 0.3) is 0 Å². The van der Waals surface area contributed by atoms with Crippen molar-refractivity contribution in [3.63, 3.8) is 0 Å². The molecular formula is C18H16N2O6. The summed E-state index contributed by atoms with van der Waals surface area (Å²) < 4.78 is 5.03. The zero-order chi connectivity index (χ0) is 18.9. The van der Waals surface area contributed by atoms with Crippen LogP contribution in [0.1, 0.15) is 21.5 Å². The molecule has 0 saturated carbocycles. The van der Waals surface area contributed by atoms with Crippen molar-refractivity contribution in [2.75, 3.05) is 6.54 Å². The first kappa shape index (κ1) is 18.7. The van der Waals surface area contributed by atoms with E-state index in [-0.39, 0.29) is 18.7 Å². The normalized spacial score (nSPS) is 10.5. The van der Waals surface area contributed by atoms with Crippen molar-refractivity contribution >= 4 is 24.1 Å². The van der Waals surface area contributed by atoms with E-state index in [9.17, 15) is 24.8 Å². The molecule has 2 aromatic carbocycles. The van der Waals surface area contributed by atoms with Gasteiger partial charge in [0, 0.05) is 12.6 Å². The molecule has 2 aromatic rings. The standard InChI is InChI=1S/C18H16N2O6/c21-11-15-9-14(10-16(17(15)22)20(24)25)7-4-8-19-18(23)26-12-13-5-2-1-3-6-13/h1-7,9-11,22H,8,12H2,(H,19,23). The Balaban J connectivity index is 1.90. The van der Waals surface area contributed by atoms with Crippen molar-refractivity contribution in [2.45, 2.75) is 6.61 Å². The van der Waals surface area contributed by atoms with Crippen LogP contribution in [-0.2, 0) is 11.3 Å². The van der Waals surface area contributed by atoms with Crippen LogP contribution in [0.3, 0.4) is 0 Å². The van der Waals surface area contributed by atoms with Gasteiger partial charge in [-0.15, -0.1) is 0 Å². The van der Waals surface area contributed by atoms with Crippen LogP contribution < -0.4 is 5.32 Å². The lowest BCUT2D eigenvalue weighted by Crippen LogP contribution is -2.24. The fraction of sp³-hybridized carbons (Fsp3) is 0.111. The predicted molar refractivity (Wildman–Crippen MR) is 93.8 cm³/mol. The summed E-state index contributed by atoms with van der Waals surface area (Å²) in [5, 5.41) is 23.0. The number of alkyl carbamates (subject to hydrolysis) is 1. The van der Waals surface area contributed by atoms with Gasteiger partial charge in [0.15, 0.2) is 6.29 Å². The van der Waals surface area contributed by atoms with E-state index < -0.39 is 22.5 Å². The smallest absolute Gasteiger partial charge is 0.407 e. The SMILES string of the molecule is O=Cc1cc(C=CCNC(=O)OCc2ccccc2)cc([N+](=O)[O-])c1O. The summed E-state index contributed by atoms with van der Waals surface area (Å²) in [7, 11) is 0. The Morgan fingerprint density at radius 1 is 1.27 bits per heavy atom. The molecule has 1 amide bonds. The molecule has 2 N–H and O–H groups in total. The number of benzene rings is 2. The molecule has 0 heterocycles. The van der Waals surface area contributed by atoms with Crippen LogP contribution in [0, 0.1) is 10.1 Å². The van der Waals surface area contributed by atoms with Crippen molar-refractivity contribution < 1.29 is 24.4 Å². The molecule has 0 fully saturated rings. The minimum Gasteiger partial charge on any atom is -0.502 e. The molecule has 0 radical (unpaired) electrons. The number of hydrogen-bond acceptors (Lipinski definition) is 6. The van der Waals surface area contributed by atoms with Crippen molar-refractivity contribution in [3.05, 3.63) is 75.3 Å². The van der Waals surface area contributed by atoms with Crippen molar-refractivity contribution in [2.24, 2.45) is 0 Å². The summed E-state index contributed by atoms with van der Waals surface area (Å²) in [5.41, 5.74) is 0.450. The number of nitro benzene ring substituents is 1. The fourth-order valence-corrected chi connectivity index (χ4v) is 2.10. The lowest BCUT2D eigenvalue weighted by Gasteiger charge is -2.05. The second-order valence-electron chi connectivity index (χ2n) is 5.20. The molecule has 2 rings (SSSR count). The Kier molecular flexibility index (Phi) is 6.44. The number of carbonyl (C=O) groups is 2. The van der Waals surface area contributed by atoms with E-state index in [1.165, 1.54) is 18.2 Å². The minimum atomic E-state index is -0.779. The quantitative estimate of drug-likeness (QED) is 0.447. The van der Waals surface area contributed by atoms with Crippen LogP contribution in [-0.4, -0.2) is 29.0 Å². The van der Waals surface area contributed by atoms with Crippen LogP contribution in [0.2, 0.25) is 0 Å². The molecule has 134 valence electrons. The lowest BCUT2D eigenvalue weighted by molar-refractivity contribution is -0.385. The van der Waals surface area contributed by atoms with Gasteiger partial charge in [-0.25, -0.2) is 4.79 Å². The summed E-state index contributed by atoms with van der Waals surface area (Å²) >= 11 is 0. The Hall–Kier alpha value is -3.68. The number of carbonyl (C=O) groups excluding carboxylic acids is 2. The average Bonchev–Trinajstić information content (AvgIpc) is 2.65. The van der Waals surface area contributed by atoms with E-state index in [0.29, 0.717) is 11.8 Å². The van der Waals surface area contributed by atoms with E-state index in [0.717, 1.165) is 11.6 Å². The lowest BCUT2D eigenvalue weighted by atomic mass is 10.1. The van der Waals surface area contributed by atoms with Gasteiger partial charge in [-0.1, -0.05) is 42.5 Å². The molecule has 0 unspecified atom stereocenters. The molecule has 26 heavy (non-hydrogen) atoms. The highest BCUT2D eigenvalue weighted by Crippen LogP contribution is 2.30. The first-order valence-corrected chi connectivity index (χ1v) is 7.59. The van der Waals surface area contributed by atoms with Gasteiger partial charge in [0.1, 0.15) is 6.61 Å². The minimum absolute atomic E-state index is 0.124. The Morgan fingerprint density at radius 3 is 2.65 bits per heavy atom. The molecule has 0 bridgehead atoms. The predicted octanol–water partition coefficient (Wildman–Crippen LogP) is 3.05. The highest BCUT2D eigenvalue weighted by atomic mass is 16.6. The number of ether oxygens (including phenoxy) is 1. The number of amides is 1. The fourth-order valence-electron chi connectivity index (χ4n) is 2.10. The third kappa shape index (κ3) is 5.17. The van der Waals surface area contributed by atoms with Gasteiger partial charge < -0.3 is 15.2 Å². The number of nitro groups is 1.